The fourth-order valence-electron chi connectivity index (χ4n) is 2.69. The Balaban J connectivity index is 1.74. The summed E-state index contributed by atoms with van der Waals surface area (Å²) in [4.78, 5) is 5.66. The highest BCUT2D eigenvalue weighted by Crippen LogP contribution is 2.34. The van der Waals surface area contributed by atoms with Crippen LogP contribution in [0, 0.1) is 5.82 Å². The standard InChI is InChI=1S/C15H17FN2S/c1-10(13-6-5-11(16)9-17-13)18-14-3-2-4-15-12(14)7-8-19-15/h5-10,14,18H,2-4H2,1H3. The Hall–Kier alpha value is -1.26. The molecule has 0 spiro atoms. The van der Waals surface area contributed by atoms with Crippen LogP contribution in [-0.4, -0.2) is 4.98 Å². The number of aryl methyl sites for hydroxylation is 1. The molecule has 2 atom stereocenters. The van der Waals surface area contributed by atoms with Crippen molar-refractivity contribution >= 4 is 11.3 Å². The van der Waals surface area contributed by atoms with Gasteiger partial charge < -0.3 is 5.32 Å². The second kappa shape index (κ2) is 5.39. The summed E-state index contributed by atoms with van der Waals surface area (Å²) in [5.41, 5.74) is 2.33. The molecule has 2 aromatic rings. The predicted octanol–water partition coefficient (Wildman–Crippen LogP) is 4.01. The van der Waals surface area contributed by atoms with Crippen LogP contribution in [0.4, 0.5) is 4.39 Å². The summed E-state index contributed by atoms with van der Waals surface area (Å²) < 4.78 is 12.9. The molecule has 0 fully saturated rings. The Morgan fingerprint density at radius 2 is 2.32 bits per heavy atom. The van der Waals surface area contributed by atoms with Crippen LogP contribution in [0.15, 0.2) is 29.8 Å². The van der Waals surface area contributed by atoms with Crippen molar-refractivity contribution in [2.75, 3.05) is 0 Å². The van der Waals surface area contributed by atoms with Crippen molar-refractivity contribution in [1.82, 2.24) is 10.3 Å². The molecule has 0 aliphatic heterocycles. The number of thiophene rings is 1. The molecule has 2 heterocycles. The van der Waals surface area contributed by atoms with E-state index in [1.807, 2.05) is 11.3 Å². The Morgan fingerprint density at radius 3 is 3.11 bits per heavy atom. The lowest BCUT2D eigenvalue weighted by molar-refractivity contribution is 0.413. The van der Waals surface area contributed by atoms with E-state index in [0.717, 1.165) is 12.1 Å². The molecule has 2 nitrogen and oxygen atoms in total. The van der Waals surface area contributed by atoms with Crippen molar-refractivity contribution < 1.29 is 4.39 Å². The molecule has 19 heavy (non-hydrogen) atoms. The van der Waals surface area contributed by atoms with Crippen LogP contribution in [-0.2, 0) is 6.42 Å². The molecule has 100 valence electrons. The van der Waals surface area contributed by atoms with Crippen molar-refractivity contribution in [2.24, 2.45) is 0 Å². The molecule has 2 aromatic heterocycles. The Kier molecular flexibility index (Phi) is 3.62. The van der Waals surface area contributed by atoms with Crippen molar-refractivity contribution in [3.05, 3.63) is 51.7 Å². The van der Waals surface area contributed by atoms with Gasteiger partial charge in [-0.2, -0.15) is 0 Å². The first kappa shape index (κ1) is 12.8. The number of hydrogen-bond acceptors (Lipinski definition) is 3. The van der Waals surface area contributed by atoms with Crippen LogP contribution < -0.4 is 5.32 Å². The fourth-order valence-corrected chi connectivity index (χ4v) is 3.68. The molecule has 2 unspecified atom stereocenters. The van der Waals surface area contributed by atoms with Crippen LogP contribution in [0.25, 0.3) is 0 Å². The maximum atomic E-state index is 12.9. The van der Waals surface area contributed by atoms with Gasteiger partial charge in [-0.1, -0.05) is 0 Å². The zero-order valence-corrected chi connectivity index (χ0v) is 11.7. The van der Waals surface area contributed by atoms with Crippen LogP contribution in [0.2, 0.25) is 0 Å². The number of aromatic nitrogens is 1. The van der Waals surface area contributed by atoms with Gasteiger partial charge in [0.2, 0.25) is 0 Å². The number of fused-ring (bicyclic) bond motifs is 1. The number of rotatable bonds is 3. The van der Waals surface area contributed by atoms with Gasteiger partial charge >= 0.3 is 0 Å². The summed E-state index contributed by atoms with van der Waals surface area (Å²) in [5, 5.41) is 5.79. The molecule has 3 rings (SSSR count). The van der Waals surface area contributed by atoms with Crippen LogP contribution in [0.3, 0.4) is 0 Å². The predicted molar refractivity (Wildman–Crippen MR) is 75.7 cm³/mol. The third-order valence-corrected chi connectivity index (χ3v) is 4.69. The maximum absolute atomic E-state index is 12.9. The molecular formula is C15H17FN2S. The van der Waals surface area contributed by atoms with Crippen molar-refractivity contribution in [3.63, 3.8) is 0 Å². The number of nitrogens with zero attached hydrogens (tertiary/aromatic N) is 1. The van der Waals surface area contributed by atoms with Crippen molar-refractivity contribution in [2.45, 2.75) is 38.3 Å². The third-order valence-electron chi connectivity index (χ3n) is 3.70. The molecule has 0 saturated carbocycles. The monoisotopic (exact) mass is 276 g/mol. The van der Waals surface area contributed by atoms with E-state index in [4.69, 9.17) is 0 Å². The van der Waals surface area contributed by atoms with E-state index in [9.17, 15) is 4.39 Å². The van der Waals surface area contributed by atoms with Crippen LogP contribution in [0.5, 0.6) is 0 Å². The minimum Gasteiger partial charge on any atom is -0.302 e. The topological polar surface area (TPSA) is 24.9 Å². The molecule has 1 aliphatic carbocycles. The van der Waals surface area contributed by atoms with Gasteiger partial charge in [0.1, 0.15) is 5.82 Å². The lowest BCUT2D eigenvalue weighted by Crippen LogP contribution is -2.27. The molecule has 0 amide bonds. The number of hydrogen-bond donors (Lipinski definition) is 1. The van der Waals surface area contributed by atoms with E-state index in [1.54, 1.807) is 6.07 Å². The zero-order chi connectivity index (χ0) is 13.2. The summed E-state index contributed by atoms with van der Waals surface area (Å²) in [6.07, 6.45) is 4.88. The highest BCUT2D eigenvalue weighted by molar-refractivity contribution is 7.10. The first-order valence-electron chi connectivity index (χ1n) is 6.68. The third kappa shape index (κ3) is 2.69. The fraction of sp³-hybridized carbons (Fsp3) is 0.400. The summed E-state index contributed by atoms with van der Waals surface area (Å²) in [6.45, 7) is 2.08. The van der Waals surface area contributed by atoms with E-state index < -0.39 is 0 Å². The quantitative estimate of drug-likeness (QED) is 0.916. The Bertz CT molecular complexity index is 550. The summed E-state index contributed by atoms with van der Waals surface area (Å²) in [6, 6.07) is 5.98. The minimum absolute atomic E-state index is 0.136. The molecule has 1 aliphatic rings. The van der Waals surface area contributed by atoms with Gasteiger partial charge in [-0.05, 0) is 55.3 Å². The highest BCUT2D eigenvalue weighted by atomic mass is 32.1. The Morgan fingerprint density at radius 1 is 1.42 bits per heavy atom. The zero-order valence-electron chi connectivity index (χ0n) is 10.9. The number of pyridine rings is 1. The number of nitrogens with one attached hydrogen (secondary N) is 1. The lowest BCUT2D eigenvalue weighted by Gasteiger charge is -2.27. The molecule has 0 radical (unpaired) electrons. The SMILES string of the molecule is CC(NC1CCCc2sccc21)c1ccc(F)cn1. The van der Waals surface area contributed by atoms with Crippen molar-refractivity contribution in [1.29, 1.82) is 0 Å². The molecule has 0 saturated heterocycles. The first-order valence-corrected chi connectivity index (χ1v) is 7.56. The number of halogens is 1. The molecule has 1 N–H and O–H groups in total. The van der Waals surface area contributed by atoms with Gasteiger partial charge in [-0.3, -0.25) is 4.98 Å². The molecule has 0 bridgehead atoms. The van der Waals surface area contributed by atoms with E-state index in [0.29, 0.717) is 6.04 Å². The molecule has 0 aromatic carbocycles. The van der Waals surface area contributed by atoms with Crippen LogP contribution >= 0.6 is 11.3 Å². The average molecular weight is 276 g/mol. The molecule has 4 heteroatoms. The largest absolute Gasteiger partial charge is 0.302 e. The smallest absolute Gasteiger partial charge is 0.141 e. The van der Waals surface area contributed by atoms with Gasteiger partial charge in [0, 0.05) is 17.0 Å². The normalized spacial score (nSPS) is 20.0. The van der Waals surface area contributed by atoms with Gasteiger partial charge in [0.15, 0.2) is 0 Å². The molecular weight excluding hydrogens is 259 g/mol. The van der Waals surface area contributed by atoms with Gasteiger partial charge in [-0.15, -0.1) is 11.3 Å². The van der Waals surface area contributed by atoms with Crippen molar-refractivity contribution in [3.8, 4) is 0 Å². The van der Waals surface area contributed by atoms with Gasteiger partial charge in [0.05, 0.1) is 11.9 Å². The first-order chi connectivity index (χ1) is 9.24. The van der Waals surface area contributed by atoms with E-state index in [-0.39, 0.29) is 11.9 Å². The van der Waals surface area contributed by atoms with E-state index in [1.165, 1.54) is 35.5 Å². The maximum Gasteiger partial charge on any atom is 0.141 e. The van der Waals surface area contributed by atoms with E-state index in [2.05, 4.69) is 28.7 Å². The minimum atomic E-state index is -0.284. The van der Waals surface area contributed by atoms with Crippen LogP contribution in [0.1, 0.15) is 48.0 Å². The second-order valence-corrected chi connectivity index (χ2v) is 6.03. The average Bonchev–Trinajstić information content (AvgIpc) is 2.89. The highest BCUT2D eigenvalue weighted by Gasteiger charge is 2.23. The summed E-state index contributed by atoms with van der Waals surface area (Å²) >= 11 is 1.85. The van der Waals surface area contributed by atoms with Gasteiger partial charge in [0.25, 0.3) is 0 Å². The van der Waals surface area contributed by atoms with E-state index >= 15 is 0 Å². The summed E-state index contributed by atoms with van der Waals surface area (Å²) in [5.74, 6) is -0.284. The second-order valence-electron chi connectivity index (χ2n) is 5.03. The lowest BCUT2D eigenvalue weighted by atomic mass is 9.93. The summed E-state index contributed by atoms with van der Waals surface area (Å²) in [7, 11) is 0. The van der Waals surface area contributed by atoms with Gasteiger partial charge in [-0.25, -0.2) is 4.39 Å². The Labute approximate surface area is 116 Å².